The van der Waals surface area contributed by atoms with Gasteiger partial charge in [-0.25, -0.2) is 0 Å². The first-order valence-electron chi connectivity index (χ1n) is 7.61. The number of nitrogens with one attached hydrogen (secondary N) is 2. The van der Waals surface area contributed by atoms with Crippen LogP contribution in [0.2, 0.25) is 0 Å². The highest BCUT2D eigenvalue weighted by Gasteiger charge is 2.09. The predicted octanol–water partition coefficient (Wildman–Crippen LogP) is 1.97. The van der Waals surface area contributed by atoms with E-state index in [4.69, 9.17) is 0 Å². The van der Waals surface area contributed by atoms with Crippen LogP contribution in [0.5, 0.6) is 0 Å². The van der Waals surface area contributed by atoms with Crippen molar-refractivity contribution in [3.63, 3.8) is 0 Å². The van der Waals surface area contributed by atoms with E-state index in [-0.39, 0.29) is 11.9 Å². The van der Waals surface area contributed by atoms with Crippen LogP contribution in [0, 0.1) is 13.8 Å². The molecule has 0 spiro atoms. The molecule has 2 N–H and O–H groups in total. The third kappa shape index (κ3) is 4.70. The molecule has 1 aromatic carbocycles. The number of aryl methyl sites for hydroxylation is 2. The van der Waals surface area contributed by atoms with E-state index in [0.29, 0.717) is 13.1 Å². The summed E-state index contributed by atoms with van der Waals surface area (Å²) in [5.74, 6) is 0.00573. The summed E-state index contributed by atoms with van der Waals surface area (Å²) < 4.78 is 1.84. The summed E-state index contributed by atoms with van der Waals surface area (Å²) in [4.78, 5) is 11.9. The number of nitrogens with zero attached hydrogens (tertiary/aromatic N) is 2. The lowest BCUT2D eigenvalue weighted by Gasteiger charge is -2.16. The molecule has 0 radical (unpaired) electrons. The van der Waals surface area contributed by atoms with Gasteiger partial charge in [-0.3, -0.25) is 9.48 Å². The fourth-order valence-corrected chi connectivity index (χ4v) is 2.24. The first kappa shape index (κ1) is 16.2. The molecule has 5 nitrogen and oxygen atoms in total. The molecular formula is C17H24N4O. The summed E-state index contributed by atoms with van der Waals surface area (Å²) in [7, 11) is 0. The minimum atomic E-state index is 0.00573. The summed E-state index contributed by atoms with van der Waals surface area (Å²) >= 11 is 0. The van der Waals surface area contributed by atoms with Gasteiger partial charge in [0.1, 0.15) is 0 Å². The van der Waals surface area contributed by atoms with Crippen molar-refractivity contribution in [2.24, 2.45) is 0 Å². The van der Waals surface area contributed by atoms with Crippen molar-refractivity contribution in [1.29, 1.82) is 0 Å². The van der Waals surface area contributed by atoms with Crippen LogP contribution in [0.3, 0.4) is 0 Å². The Bertz CT molecular complexity index is 607. The van der Waals surface area contributed by atoms with Crippen LogP contribution in [0.1, 0.15) is 29.7 Å². The Morgan fingerprint density at radius 2 is 2.14 bits per heavy atom. The van der Waals surface area contributed by atoms with Gasteiger partial charge in [0, 0.05) is 18.9 Å². The number of hydrogen-bond donors (Lipinski definition) is 2. The first-order chi connectivity index (χ1) is 10.6. The van der Waals surface area contributed by atoms with Gasteiger partial charge in [-0.2, -0.15) is 5.10 Å². The van der Waals surface area contributed by atoms with Crippen molar-refractivity contribution < 1.29 is 4.79 Å². The molecule has 118 valence electrons. The van der Waals surface area contributed by atoms with Gasteiger partial charge >= 0.3 is 0 Å². The molecule has 2 aromatic rings. The average molecular weight is 300 g/mol. The normalized spacial score (nSPS) is 12.1. The van der Waals surface area contributed by atoms with E-state index >= 15 is 0 Å². The Balaban J connectivity index is 1.72. The predicted molar refractivity (Wildman–Crippen MR) is 87.6 cm³/mol. The molecule has 1 aromatic heterocycles. The zero-order chi connectivity index (χ0) is 15.9. The number of carbonyl (C=O) groups excluding carboxylic acids is 1. The Kier molecular flexibility index (Phi) is 5.72. The van der Waals surface area contributed by atoms with Crippen LogP contribution >= 0.6 is 0 Å². The molecule has 0 saturated carbocycles. The lowest BCUT2D eigenvalue weighted by atomic mass is 10.0. The minimum Gasteiger partial charge on any atom is -0.348 e. The molecule has 1 unspecified atom stereocenters. The maximum Gasteiger partial charge on any atom is 0.234 e. The van der Waals surface area contributed by atoms with Crippen LogP contribution in [0.15, 0.2) is 36.7 Å². The second-order valence-electron chi connectivity index (χ2n) is 5.58. The van der Waals surface area contributed by atoms with Gasteiger partial charge in [0.25, 0.3) is 0 Å². The monoisotopic (exact) mass is 300 g/mol. The largest absolute Gasteiger partial charge is 0.348 e. The lowest BCUT2D eigenvalue weighted by molar-refractivity contribution is -0.120. The third-order valence-electron chi connectivity index (χ3n) is 3.77. The number of carbonyl (C=O) groups is 1. The van der Waals surface area contributed by atoms with Crippen molar-refractivity contribution in [2.45, 2.75) is 33.4 Å². The number of rotatable bonds is 7. The highest BCUT2D eigenvalue weighted by Crippen LogP contribution is 2.16. The molecule has 0 aliphatic rings. The maximum absolute atomic E-state index is 11.9. The highest BCUT2D eigenvalue weighted by atomic mass is 16.1. The van der Waals surface area contributed by atoms with E-state index in [2.05, 4.69) is 47.8 Å². The van der Waals surface area contributed by atoms with Crippen LogP contribution in [-0.4, -0.2) is 28.8 Å². The minimum absolute atomic E-state index is 0.00573. The van der Waals surface area contributed by atoms with E-state index in [9.17, 15) is 4.79 Å². The molecule has 0 aliphatic heterocycles. The molecule has 1 heterocycles. The fourth-order valence-electron chi connectivity index (χ4n) is 2.24. The van der Waals surface area contributed by atoms with Crippen molar-refractivity contribution in [2.75, 3.05) is 13.1 Å². The van der Waals surface area contributed by atoms with E-state index in [1.165, 1.54) is 11.1 Å². The van der Waals surface area contributed by atoms with Crippen molar-refractivity contribution >= 4 is 5.91 Å². The second kappa shape index (κ2) is 7.75. The van der Waals surface area contributed by atoms with Crippen molar-refractivity contribution in [3.05, 3.63) is 53.3 Å². The van der Waals surface area contributed by atoms with Crippen molar-refractivity contribution in [3.8, 4) is 0 Å². The van der Waals surface area contributed by atoms with E-state index in [1.807, 2.05) is 23.9 Å². The number of amides is 1. The van der Waals surface area contributed by atoms with Gasteiger partial charge in [0.2, 0.25) is 5.91 Å². The van der Waals surface area contributed by atoms with Gasteiger partial charge in [-0.1, -0.05) is 18.2 Å². The molecule has 1 amide bonds. The third-order valence-corrected chi connectivity index (χ3v) is 3.77. The van der Waals surface area contributed by atoms with Crippen LogP contribution in [0.25, 0.3) is 0 Å². The topological polar surface area (TPSA) is 59.0 Å². The smallest absolute Gasteiger partial charge is 0.234 e. The maximum atomic E-state index is 11.9. The zero-order valence-electron chi connectivity index (χ0n) is 13.5. The van der Waals surface area contributed by atoms with E-state index < -0.39 is 0 Å². The summed E-state index contributed by atoms with van der Waals surface area (Å²) in [5.41, 5.74) is 3.64. The van der Waals surface area contributed by atoms with Crippen molar-refractivity contribution in [1.82, 2.24) is 20.4 Å². The Hall–Kier alpha value is -2.14. The molecule has 5 heteroatoms. The molecule has 22 heavy (non-hydrogen) atoms. The zero-order valence-corrected chi connectivity index (χ0v) is 13.5. The van der Waals surface area contributed by atoms with E-state index in [0.717, 1.165) is 12.1 Å². The Morgan fingerprint density at radius 1 is 1.32 bits per heavy atom. The van der Waals surface area contributed by atoms with Gasteiger partial charge in [-0.15, -0.1) is 0 Å². The fraction of sp³-hybridized carbons (Fsp3) is 0.412. The first-order valence-corrected chi connectivity index (χ1v) is 7.61. The summed E-state index contributed by atoms with van der Waals surface area (Å²) in [5, 5.41) is 10.3. The lowest BCUT2D eigenvalue weighted by Crippen LogP contribution is -2.36. The molecule has 0 bridgehead atoms. The SMILES string of the molecule is Cc1ccc(C(C)NC(=O)CNCCn2cccn2)cc1C. The van der Waals surface area contributed by atoms with Gasteiger partial charge < -0.3 is 10.6 Å². The van der Waals surface area contributed by atoms with Gasteiger partial charge in [0.05, 0.1) is 19.1 Å². The molecule has 0 fully saturated rings. The van der Waals surface area contributed by atoms with Crippen LogP contribution < -0.4 is 10.6 Å². The summed E-state index contributed by atoms with van der Waals surface area (Å²) in [6.07, 6.45) is 3.65. The van der Waals surface area contributed by atoms with Crippen LogP contribution in [-0.2, 0) is 11.3 Å². The number of benzene rings is 1. The summed E-state index contributed by atoms with van der Waals surface area (Å²) in [6, 6.07) is 8.19. The molecule has 1 atom stereocenters. The number of hydrogen-bond acceptors (Lipinski definition) is 3. The van der Waals surface area contributed by atoms with Gasteiger partial charge in [0.15, 0.2) is 0 Å². The summed E-state index contributed by atoms with van der Waals surface area (Å²) in [6.45, 7) is 7.97. The van der Waals surface area contributed by atoms with Crippen LogP contribution in [0.4, 0.5) is 0 Å². The molecule has 0 aliphatic carbocycles. The highest BCUT2D eigenvalue weighted by molar-refractivity contribution is 5.78. The number of aromatic nitrogens is 2. The van der Waals surface area contributed by atoms with E-state index in [1.54, 1.807) is 6.20 Å². The standard InChI is InChI=1S/C17H24N4O/c1-13-5-6-16(11-14(13)2)15(3)20-17(22)12-18-8-10-21-9-4-7-19-21/h4-7,9,11,15,18H,8,10,12H2,1-3H3,(H,20,22). The Labute approximate surface area is 131 Å². The Morgan fingerprint density at radius 3 is 2.82 bits per heavy atom. The quantitative estimate of drug-likeness (QED) is 0.769. The average Bonchev–Trinajstić information content (AvgIpc) is 2.99. The molecular weight excluding hydrogens is 276 g/mol. The van der Waals surface area contributed by atoms with Gasteiger partial charge in [-0.05, 0) is 43.5 Å². The molecule has 0 saturated heterocycles. The second-order valence-corrected chi connectivity index (χ2v) is 5.58. The molecule has 2 rings (SSSR count).